The number of hydrogen-bond donors (Lipinski definition) is 2. The average Bonchev–Trinajstić information content (AvgIpc) is 3.13. The van der Waals surface area contributed by atoms with Crippen molar-refractivity contribution >= 4 is 44.4 Å². The Bertz CT molecular complexity index is 802. The molecule has 2 amide bonds. The van der Waals surface area contributed by atoms with Gasteiger partial charge in [-0.2, -0.15) is 0 Å². The van der Waals surface area contributed by atoms with Gasteiger partial charge >= 0.3 is 6.09 Å². The lowest BCUT2D eigenvalue weighted by molar-refractivity contribution is -0.119. The standard InChI is InChI=1S/C16H18N4O3S/c1-9(21)17-7-12-8-20(16(22)23-12)11-4-5-13-14(6-11)24-15(19-13)18-10-2-3-10/h4-6,10,12H,2-3,7-8H2,1H3,(H,17,21)(H,18,19)/t12-/m0/s1. The van der Waals surface area contributed by atoms with Crippen LogP contribution in [0.1, 0.15) is 19.8 Å². The molecule has 8 heteroatoms. The lowest BCUT2D eigenvalue weighted by Gasteiger charge is -2.12. The van der Waals surface area contributed by atoms with Gasteiger partial charge in [0.1, 0.15) is 6.10 Å². The summed E-state index contributed by atoms with van der Waals surface area (Å²) < 4.78 is 6.34. The number of anilines is 2. The highest BCUT2D eigenvalue weighted by Gasteiger charge is 2.32. The van der Waals surface area contributed by atoms with E-state index in [1.54, 1.807) is 16.2 Å². The zero-order chi connectivity index (χ0) is 16.7. The molecule has 4 rings (SSSR count). The third kappa shape index (κ3) is 3.14. The molecule has 2 fully saturated rings. The Morgan fingerprint density at radius 2 is 2.29 bits per heavy atom. The largest absolute Gasteiger partial charge is 0.442 e. The number of aromatic nitrogens is 1. The van der Waals surface area contributed by atoms with Crippen molar-refractivity contribution in [3.8, 4) is 0 Å². The van der Waals surface area contributed by atoms with E-state index in [1.165, 1.54) is 19.8 Å². The predicted molar refractivity (Wildman–Crippen MR) is 92.6 cm³/mol. The fourth-order valence-electron chi connectivity index (χ4n) is 2.64. The molecule has 24 heavy (non-hydrogen) atoms. The minimum Gasteiger partial charge on any atom is -0.442 e. The molecule has 126 valence electrons. The zero-order valence-electron chi connectivity index (χ0n) is 13.2. The van der Waals surface area contributed by atoms with Crippen molar-refractivity contribution in [3.63, 3.8) is 0 Å². The molecule has 1 saturated carbocycles. The molecule has 1 saturated heterocycles. The van der Waals surface area contributed by atoms with Crippen LogP contribution in [0.3, 0.4) is 0 Å². The first-order valence-corrected chi connectivity index (χ1v) is 8.80. The van der Waals surface area contributed by atoms with Crippen LogP contribution in [0, 0.1) is 0 Å². The van der Waals surface area contributed by atoms with E-state index in [4.69, 9.17) is 4.74 Å². The van der Waals surface area contributed by atoms with E-state index in [0.29, 0.717) is 19.1 Å². The number of cyclic esters (lactones) is 1. The number of thiazole rings is 1. The van der Waals surface area contributed by atoms with Gasteiger partial charge in [0.25, 0.3) is 0 Å². The molecule has 1 atom stereocenters. The topological polar surface area (TPSA) is 83.6 Å². The number of benzene rings is 1. The van der Waals surface area contributed by atoms with Gasteiger partial charge < -0.3 is 15.4 Å². The summed E-state index contributed by atoms with van der Waals surface area (Å²) in [7, 11) is 0. The Balaban J connectivity index is 1.50. The Kier molecular flexibility index (Phi) is 3.76. The highest BCUT2D eigenvalue weighted by Crippen LogP contribution is 2.33. The minimum atomic E-state index is -0.384. The number of rotatable bonds is 5. The number of nitrogens with zero attached hydrogens (tertiary/aromatic N) is 2. The fraction of sp³-hybridized carbons (Fsp3) is 0.438. The first-order valence-electron chi connectivity index (χ1n) is 7.98. The van der Waals surface area contributed by atoms with E-state index in [2.05, 4.69) is 15.6 Å². The molecule has 1 aromatic heterocycles. The summed E-state index contributed by atoms with van der Waals surface area (Å²) in [6, 6.07) is 6.33. The second-order valence-corrected chi connectivity index (χ2v) is 7.17. The van der Waals surface area contributed by atoms with Crippen molar-refractivity contribution in [1.29, 1.82) is 0 Å². The maximum atomic E-state index is 12.1. The van der Waals surface area contributed by atoms with Gasteiger partial charge in [-0.15, -0.1) is 0 Å². The summed E-state index contributed by atoms with van der Waals surface area (Å²) in [4.78, 5) is 29.2. The highest BCUT2D eigenvalue weighted by atomic mass is 32.1. The molecule has 2 N–H and O–H groups in total. The lowest BCUT2D eigenvalue weighted by atomic mass is 10.2. The number of fused-ring (bicyclic) bond motifs is 1. The lowest BCUT2D eigenvalue weighted by Crippen LogP contribution is -2.33. The Morgan fingerprint density at radius 3 is 3.04 bits per heavy atom. The van der Waals surface area contributed by atoms with Crippen molar-refractivity contribution in [3.05, 3.63) is 18.2 Å². The molecular weight excluding hydrogens is 328 g/mol. The van der Waals surface area contributed by atoms with Crippen LogP contribution in [-0.4, -0.2) is 42.2 Å². The predicted octanol–water partition coefficient (Wildman–Crippen LogP) is 2.33. The Hall–Kier alpha value is -2.35. The molecule has 1 aliphatic heterocycles. The number of ether oxygens (including phenoxy) is 1. The first-order chi connectivity index (χ1) is 11.6. The van der Waals surface area contributed by atoms with Crippen molar-refractivity contribution in [2.45, 2.75) is 31.9 Å². The molecule has 0 bridgehead atoms. The highest BCUT2D eigenvalue weighted by molar-refractivity contribution is 7.22. The molecule has 7 nitrogen and oxygen atoms in total. The van der Waals surface area contributed by atoms with Crippen molar-refractivity contribution in [2.24, 2.45) is 0 Å². The van der Waals surface area contributed by atoms with Crippen LogP contribution in [0.25, 0.3) is 10.2 Å². The van der Waals surface area contributed by atoms with Crippen LogP contribution in [-0.2, 0) is 9.53 Å². The van der Waals surface area contributed by atoms with E-state index >= 15 is 0 Å². The van der Waals surface area contributed by atoms with E-state index < -0.39 is 0 Å². The normalized spacial score (nSPS) is 20.3. The minimum absolute atomic E-state index is 0.133. The van der Waals surface area contributed by atoms with E-state index in [1.807, 2.05) is 18.2 Å². The van der Waals surface area contributed by atoms with Gasteiger partial charge in [-0.3, -0.25) is 9.69 Å². The molecule has 0 radical (unpaired) electrons. The van der Waals surface area contributed by atoms with Crippen LogP contribution in [0.15, 0.2) is 18.2 Å². The monoisotopic (exact) mass is 346 g/mol. The second kappa shape index (κ2) is 5.94. The van der Waals surface area contributed by atoms with Crippen LogP contribution < -0.4 is 15.5 Å². The maximum Gasteiger partial charge on any atom is 0.414 e. The Labute approximate surface area is 143 Å². The molecule has 0 spiro atoms. The van der Waals surface area contributed by atoms with Gasteiger partial charge in [0, 0.05) is 18.7 Å². The van der Waals surface area contributed by atoms with Crippen LogP contribution in [0.4, 0.5) is 15.6 Å². The number of amides is 2. The number of carbonyl (C=O) groups excluding carboxylic acids is 2. The SMILES string of the molecule is CC(=O)NC[C@H]1CN(c2ccc3nc(NC4CC4)sc3c2)C(=O)O1. The number of hydrogen-bond acceptors (Lipinski definition) is 6. The smallest absolute Gasteiger partial charge is 0.414 e. The summed E-state index contributed by atoms with van der Waals surface area (Å²) in [5.74, 6) is -0.133. The zero-order valence-corrected chi connectivity index (χ0v) is 14.1. The first kappa shape index (κ1) is 15.2. The summed E-state index contributed by atoms with van der Waals surface area (Å²) in [5, 5.41) is 7.01. The summed E-state index contributed by atoms with van der Waals surface area (Å²) in [6.45, 7) is 2.20. The van der Waals surface area contributed by atoms with Gasteiger partial charge in [-0.05, 0) is 31.0 Å². The third-order valence-corrected chi connectivity index (χ3v) is 4.99. The molecule has 2 aliphatic rings. The van der Waals surface area contributed by atoms with Gasteiger partial charge in [0.05, 0.1) is 23.3 Å². The summed E-state index contributed by atoms with van der Waals surface area (Å²) in [5.41, 5.74) is 1.72. The van der Waals surface area contributed by atoms with E-state index in [0.717, 1.165) is 21.0 Å². The molecule has 1 aromatic carbocycles. The van der Waals surface area contributed by atoms with Crippen molar-refractivity contribution in [1.82, 2.24) is 10.3 Å². The van der Waals surface area contributed by atoms with Crippen molar-refractivity contribution < 1.29 is 14.3 Å². The average molecular weight is 346 g/mol. The third-order valence-electron chi connectivity index (χ3n) is 4.04. The number of nitrogens with one attached hydrogen (secondary N) is 2. The van der Waals surface area contributed by atoms with Gasteiger partial charge in [-0.25, -0.2) is 9.78 Å². The van der Waals surface area contributed by atoms with Crippen LogP contribution in [0.2, 0.25) is 0 Å². The molecule has 0 unspecified atom stereocenters. The fourth-order valence-corrected chi connectivity index (χ4v) is 3.62. The van der Waals surface area contributed by atoms with E-state index in [-0.39, 0.29) is 18.1 Å². The number of carbonyl (C=O) groups is 2. The second-order valence-electron chi connectivity index (χ2n) is 6.14. The van der Waals surface area contributed by atoms with Crippen LogP contribution in [0.5, 0.6) is 0 Å². The quantitative estimate of drug-likeness (QED) is 0.868. The van der Waals surface area contributed by atoms with Gasteiger partial charge in [0.2, 0.25) is 5.91 Å². The summed E-state index contributed by atoms with van der Waals surface area (Å²) >= 11 is 1.60. The van der Waals surface area contributed by atoms with Gasteiger partial charge in [0.15, 0.2) is 5.13 Å². The van der Waals surface area contributed by atoms with Gasteiger partial charge in [-0.1, -0.05) is 11.3 Å². The Morgan fingerprint density at radius 1 is 1.46 bits per heavy atom. The molecule has 2 aromatic rings. The molecule has 2 heterocycles. The van der Waals surface area contributed by atoms with E-state index in [9.17, 15) is 9.59 Å². The van der Waals surface area contributed by atoms with Crippen LogP contribution >= 0.6 is 11.3 Å². The molecular formula is C16H18N4O3S. The van der Waals surface area contributed by atoms with Crippen molar-refractivity contribution in [2.75, 3.05) is 23.3 Å². The molecule has 1 aliphatic carbocycles. The summed E-state index contributed by atoms with van der Waals surface area (Å²) in [6.07, 6.45) is 1.70. The maximum absolute atomic E-state index is 12.1.